The summed E-state index contributed by atoms with van der Waals surface area (Å²) in [6, 6.07) is 0. The van der Waals surface area contributed by atoms with Crippen LogP contribution in [-0.4, -0.2) is 0 Å². The molecule has 2 rings (SSSR count). The van der Waals surface area contributed by atoms with Crippen LogP contribution in [0.1, 0.15) is 19.8 Å². The van der Waals surface area contributed by atoms with Crippen LogP contribution < -0.4 is 0 Å². The number of hydrogen-bond acceptors (Lipinski definition) is 0. The average Bonchev–Trinajstić information content (AvgIpc) is 1.80. The Morgan fingerprint density at radius 1 is 1.25 bits per heavy atom. The van der Waals surface area contributed by atoms with E-state index in [9.17, 15) is 0 Å². The van der Waals surface area contributed by atoms with Gasteiger partial charge in [-0.3, -0.25) is 0 Å². The zero-order valence-corrected chi connectivity index (χ0v) is 5.30. The molecule has 0 heteroatoms. The smallest absolute Gasteiger partial charge is 0.0199 e. The summed E-state index contributed by atoms with van der Waals surface area (Å²) < 4.78 is 0. The second-order valence-electron chi connectivity index (χ2n) is 3.15. The molecule has 0 unspecified atom stereocenters. The molecule has 0 aromatic carbocycles. The Balaban J connectivity index is 2.14. The van der Waals surface area contributed by atoms with Crippen molar-refractivity contribution in [1.29, 1.82) is 0 Å². The van der Waals surface area contributed by atoms with Crippen LogP contribution in [0.4, 0.5) is 0 Å². The molecule has 2 aliphatic carbocycles. The first-order valence-corrected chi connectivity index (χ1v) is 3.56. The molecule has 0 spiro atoms. The molecular formula is C8H12. The highest BCUT2D eigenvalue weighted by Crippen LogP contribution is 2.45. The molecule has 1 fully saturated rings. The van der Waals surface area contributed by atoms with Gasteiger partial charge in [0.2, 0.25) is 0 Å². The maximum absolute atomic E-state index is 2.40. The van der Waals surface area contributed by atoms with Crippen LogP contribution >= 0.6 is 0 Å². The third-order valence-corrected chi connectivity index (χ3v) is 2.72. The van der Waals surface area contributed by atoms with Crippen LogP contribution in [0, 0.1) is 17.8 Å². The molecule has 0 radical (unpaired) electrons. The summed E-state index contributed by atoms with van der Waals surface area (Å²) in [4.78, 5) is 0. The first kappa shape index (κ1) is 4.60. The van der Waals surface area contributed by atoms with Crippen molar-refractivity contribution in [2.75, 3.05) is 0 Å². The van der Waals surface area contributed by atoms with E-state index in [2.05, 4.69) is 19.1 Å². The minimum atomic E-state index is 0.897. The lowest BCUT2D eigenvalue weighted by molar-refractivity contribution is 0.202. The van der Waals surface area contributed by atoms with Gasteiger partial charge in [-0.15, -0.1) is 0 Å². The van der Waals surface area contributed by atoms with E-state index in [1.807, 2.05) is 0 Å². The average molecular weight is 108 g/mol. The summed E-state index contributed by atoms with van der Waals surface area (Å²) in [5, 5.41) is 0. The molecule has 0 heterocycles. The predicted octanol–water partition coefficient (Wildman–Crippen LogP) is 2.22. The molecule has 0 N–H and O–H groups in total. The highest BCUT2D eigenvalue weighted by molar-refractivity contribution is 5.09. The van der Waals surface area contributed by atoms with Gasteiger partial charge in [0.1, 0.15) is 0 Å². The summed E-state index contributed by atoms with van der Waals surface area (Å²) in [5.41, 5.74) is 0. The summed E-state index contributed by atoms with van der Waals surface area (Å²) in [6.07, 6.45) is 7.73. The number of allylic oxidation sites excluding steroid dienone is 2. The maximum Gasteiger partial charge on any atom is -0.0199 e. The van der Waals surface area contributed by atoms with Crippen molar-refractivity contribution in [3.05, 3.63) is 12.2 Å². The van der Waals surface area contributed by atoms with Crippen LogP contribution in [0.25, 0.3) is 0 Å². The van der Waals surface area contributed by atoms with Crippen molar-refractivity contribution in [3.63, 3.8) is 0 Å². The van der Waals surface area contributed by atoms with Crippen LogP contribution in [0.2, 0.25) is 0 Å². The quantitative estimate of drug-likeness (QED) is 0.417. The molecule has 3 atom stereocenters. The SMILES string of the molecule is C[C@@H]1C=C[C@@H]2CC[C@@H]12. The first-order chi connectivity index (χ1) is 3.88. The molecule has 0 amide bonds. The molecule has 0 aromatic heterocycles. The van der Waals surface area contributed by atoms with E-state index in [-0.39, 0.29) is 0 Å². The fourth-order valence-corrected chi connectivity index (χ4v) is 1.90. The van der Waals surface area contributed by atoms with Crippen LogP contribution in [0.15, 0.2) is 12.2 Å². The Morgan fingerprint density at radius 3 is 2.38 bits per heavy atom. The molecule has 1 saturated carbocycles. The van der Waals surface area contributed by atoms with Gasteiger partial charge >= 0.3 is 0 Å². The van der Waals surface area contributed by atoms with Crippen LogP contribution in [0.3, 0.4) is 0 Å². The third kappa shape index (κ3) is 0.410. The highest BCUT2D eigenvalue weighted by atomic mass is 14.4. The summed E-state index contributed by atoms with van der Waals surface area (Å²) in [6.45, 7) is 2.33. The van der Waals surface area contributed by atoms with Crippen molar-refractivity contribution in [2.24, 2.45) is 17.8 Å². The standard InChI is InChI=1S/C8H12/c1-6-2-3-7-4-5-8(6)7/h2-3,6-8H,4-5H2,1H3/t6-,7-,8+/m1/s1. The van der Waals surface area contributed by atoms with E-state index in [1.54, 1.807) is 0 Å². The minimum absolute atomic E-state index is 0.897. The van der Waals surface area contributed by atoms with Crippen LogP contribution in [0.5, 0.6) is 0 Å². The second-order valence-corrected chi connectivity index (χ2v) is 3.15. The fourth-order valence-electron chi connectivity index (χ4n) is 1.90. The predicted molar refractivity (Wildman–Crippen MR) is 34.5 cm³/mol. The van der Waals surface area contributed by atoms with Crippen LogP contribution in [-0.2, 0) is 0 Å². The van der Waals surface area contributed by atoms with Crippen molar-refractivity contribution in [3.8, 4) is 0 Å². The zero-order chi connectivity index (χ0) is 5.56. The Bertz CT molecular complexity index is 116. The number of hydrogen-bond donors (Lipinski definition) is 0. The van der Waals surface area contributed by atoms with Gasteiger partial charge in [0.15, 0.2) is 0 Å². The lowest BCUT2D eigenvalue weighted by atomic mass is 9.72. The monoisotopic (exact) mass is 108 g/mol. The minimum Gasteiger partial charge on any atom is -0.0851 e. The molecule has 8 heavy (non-hydrogen) atoms. The van der Waals surface area contributed by atoms with Gasteiger partial charge in [0.25, 0.3) is 0 Å². The zero-order valence-electron chi connectivity index (χ0n) is 5.30. The normalized spacial score (nSPS) is 50.9. The molecular weight excluding hydrogens is 96.1 g/mol. The van der Waals surface area contributed by atoms with Gasteiger partial charge in [0.05, 0.1) is 0 Å². The topological polar surface area (TPSA) is 0 Å². The number of fused-ring (bicyclic) bond motifs is 1. The van der Waals surface area contributed by atoms with E-state index >= 15 is 0 Å². The van der Waals surface area contributed by atoms with Gasteiger partial charge in [-0.05, 0) is 30.6 Å². The largest absolute Gasteiger partial charge is 0.0851 e. The summed E-state index contributed by atoms with van der Waals surface area (Å²) in [5.74, 6) is 2.94. The Labute approximate surface area is 50.6 Å². The molecule has 2 aliphatic rings. The Hall–Kier alpha value is -0.260. The lowest BCUT2D eigenvalue weighted by Crippen LogP contribution is -2.24. The third-order valence-electron chi connectivity index (χ3n) is 2.72. The number of rotatable bonds is 0. The Morgan fingerprint density at radius 2 is 2.12 bits per heavy atom. The molecule has 0 saturated heterocycles. The summed E-state index contributed by atoms with van der Waals surface area (Å²) >= 11 is 0. The van der Waals surface area contributed by atoms with E-state index in [0.29, 0.717) is 0 Å². The van der Waals surface area contributed by atoms with Gasteiger partial charge in [-0.25, -0.2) is 0 Å². The lowest BCUT2D eigenvalue weighted by Gasteiger charge is -2.32. The van der Waals surface area contributed by atoms with Crippen molar-refractivity contribution in [2.45, 2.75) is 19.8 Å². The van der Waals surface area contributed by atoms with Gasteiger partial charge < -0.3 is 0 Å². The van der Waals surface area contributed by atoms with Gasteiger partial charge in [-0.1, -0.05) is 19.1 Å². The van der Waals surface area contributed by atoms with E-state index in [4.69, 9.17) is 0 Å². The van der Waals surface area contributed by atoms with E-state index in [1.165, 1.54) is 12.8 Å². The molecule has 0 aliphatic heterocycles. The van der Waals surface area contributed by atoms with Crippen molar-refractivity contribution >= 4 is 0 Å². The summed E-state index contributed by atoms with van der Waals surface area (Å²) in [7, 11) is 0. The fraction of sp³-hybridized carbons (Fsp3) is 0.750. The van der Waals surface area contributed by atoms with Gasteiger partial charge in [0, 0.05) is 0 Å². The van der Waals surface area contributed by atoms with Gasteiger partial charge in [-0.2, -0.15) is 0 Å². The van der Waals surface area contributed by atoms with E-state index in [0.717, 1.165) is 17.8 Å². The Kier molecular flexibility index (Phi) is 0.787. The van der Waals surface area contributed by atoms with E-state index < -0.39 is 0 Å². The molecule has 0 nitrogen and oxygen atoms in total. The van der Waals surface area contributed by atoms with Crippen molar-refractivity contribution < 1.29 is 0 Å². The molecule has 44 valence electrons. The second kappa shape index (κ2) is 1.37. The molecule has 0 bridgehead atoms. The molecule has 0 aromatic rings. The maximum atomic E-state index is 2.40. The first-order valence-electron chi connectivity index (χ1n) is 3.56. The van der Waals surface area contributed by atoms with Crippen molar-refractivity contribution in [1.82, 2.24) is 0 Å². The highest BCUT2D eigenvalue weighted by Gasteiger charge is 2.35.